The third-order valence-electron chi connectivity index (χ3n) is 4.81. The van der Waals surface area contributed by atoms with Gasteiger partial charge < -0.3 is 15.3 Å². The fourth-order valence-corrected chi connectivity index (χ4v) is 2.91. The first-order valence-electron chi connectivity index (χ1n) is 7.96. The lowest BCUT2D eigenvalue weighted by atomic mass is 9.77. The van der Waals surface area contributed by atoms with Crippen LogP contribution >= 0.6 is 0 Å². The summed E-state index contributed by atoms with van der Waals surface area (Å²) in [4.78, 5) is 14.1. The number of nitrogens with one attached hydrogen (secondary N) is 1. The van der Waals surface area contributed by atoms with Crippen molar-refractivity contribution in [3.05, 3.63) is 30.1 Å². The Morgan fingerprint density at radius 3 is 2.64 bits per heavy atom. The summed E-state index contributed by atoms with van der Waals surface area (Å²) >= 11 is 0. The SMILES string of the molecule is CCC1(CO)CCN(CCC(=O)Nc2ccccc2F)CC1. The first-order valence-corrected chi connectivity index (χ1v) is 7.96. The minimum atomic E-state index is -0.413. The van der Waals surface area contributed by atoms with Crippen LogP contribution in [0.4, 0.5) is 10.1 Å². The second kappa shape index (κ2) is 7.70. The lowest BCUT2D eigenvalue weighted by molar-refractivity contribution is -0.116. The maximum atomic E-state index is 13.5. The Hall–Kier alpha value is -1.46. The number of aliphatic hydroxyl groups excluding tert-OH is 1. The molecule has 1 aromatic rings. The summed E-state index contributed by atoms with van der Waals surface area (Å²) in [6.45, 7) is 4.84. The normalized spacial score (nSPS) is 18.1. The molecule has 0 spiro atoms. The molecule has 122 valence electrons. The second-order valence-electron chi connectivity index (χ2n) is 6.13. The Kier molecular flexibility index (Phi) is 5.91. The summed E-state index contributed by atoms with van der Waals surface area (Å²) < 4.78 is 13.5. The molecule has 2 N–H and O–H groups in total. The van der Waals surface area contributed by atoms with E-state index in [0.717, 1.165) is 32.4 Å². The van der Waals surface area contributed by atoms with Crippen molar-refractivity contribution >= 4 is 11.6 Å². The number of carbonyl (C=O) groups is 1. The molecule has 0 bridgehead atoms. The van der Waals surface area contributed by atoms with E-state index < -0.39 is 5.82 Å². The van der Waals surface area contributed by atoms with Crippen molar-refractivity contribution in [2.45, 2.75) is 32.6 Å². The van der Waals surface area contributed by atoms with E-state index in [1.807, 2.05) is 0 Å². The molecule has 0 atom stereocenters. The van der Waals surface area contributed by atoms with Gasteiger partial charge >= 0.3 is 0 Å². The van der Waals surface area contributed by atoms with Crippen molar-refractivity contribution in [3.63, 3.8) is 0 Å². The number of anilines is 1. The summed E-state index contributed by atoms with van der Waals surface area (Å²) in [5, 5.41) is 12.1. The van der Waals surface area contributed by atoms with Crippen LogP contribution in [0.25, 0.3) is 0 Å². The van der Waals surface area contributed by atoms with Gasteiger partial charge in [0.25, 0.3) is 0 Å². The number of likely N-dealkylation sites (tertiary alicyclic amines) is 1. The lowest BCUT2D eigenvalue weighted by Gasteiger charge is -2.40. The average Bonchev–Trinajstić information content (AvgIpc) is 2.56. The number of nitrogens with zero attached hydrogens (tertiary/aromatic N) is 1. The molecule has 1 saturated heterocycles. The first-order chi connectivity index (χ1) is 10.6. The molecule has 0 aromatic heterocycles. The van der Waals surface area contributed by atoms with Gasteiger partial charge in [-0.15, -0.1) is 0 Å². The van der Waals surface area contributed by atoms with E-state index in [2.05, 4.69) is 17.1 Å². The van der Waals surface area contributed by atoms with Crippen molar-refractivity contribution in [1.29, 1.82) is 0 Å². The molecule has 1 amide bonds. The number of hydrogen-bond donors (Lipinski definition) is 2. The third kappa shape index (κ3) is 4.27. The van der Waals surface area contributed by atoms with Crippen LogP contribution in [0.1, 0.15) is 32.6 Å². The number of piperidine rings is 1. The van der Waals surface area contributed by atoms with Gasteiger partial charge in [0.2, 0.25) is 5.91 Å². The molecule has 1 fully saturated rings. The van der Waals surface area contributed by atoms with Crippen molar-refractivity contribution in [2.24, 2.45) is 5.41 Å². The van der Waals surface area contributed by atoms with Crippen LogP contribution in [0, 0.1) is 11.2 Å². The molecule has 2 rings (SSSR count). The third-order valence-corrected chi connectivity index (χ3v) is 4.81. The number of rotatable bonds is 6. The topological polar surface area (TPSA) is 52.6 Å². The Morgan fingerprint density at radius 2 is 2.05 bits per heavy atom. The monoisotopic (exact) mass is 308 g/mol. The molecule has 0 aliphatic carbocycles. The molecule has 1 heterocycles. The molecule has 5 heteroatoms. The Morgan fingerprint density at radius 1 is 1.36 bits per heavy atom. The van der Waals surface area contributed by atoms with Crippen LogP contribution in [0.15, 0.2) is 24.3 Å². The van der Waals surface area contributed by atoms with E-state index in [1.54, 1.807) is 18.2 Å². The van der Waals surface area contributed by atoms with E-state index in [-0.39, 0.29) is 23.6 Å². The number of para-hydroxylation sites is 1. The van der Waals surface area contributed by atoms with E-state index in [9.17, 15) is 14.3 Å². The molecular weight excluding hydrogens is 283 g/mol. The summed E-state index contributed by atoms with van der Waals surface area (Å²) in [6.07, 6.45) is 3.28. The number of benzene rings is 1. The van der Waals surface area contributed by atoms with Crippen LogP contribution in [-0.2, 0) is 4.79 Å². The predicted octanol–water partition coefficient (Wildman–Crippen LogP) is 2.64. The van der Waals surface area contributed by atoms with Crippen LogP contribution in [0.5, 0.6) is 0 Å². The van der Waals surface area contributed by atoms with Crippen LogP contribution in [-0.4, -0.2) is 42.2 Å². The highest BCUT2D eigenvalue weighted by atomic mass is 19.1. The minimum Gasteiger partial charge on any atom is -0.396 e. The van der Waals surface area contributed by atoms with Gasteiger partial charge in [0.1, 0.15) is 5.82 Å². The molecule has 22 heavy (non-hydrogen) atoms. The zero-order valence-electron chi connectivity index (χ0n) is 13.1. The van der Waals surface area contributed by atoms with Gasteiger partial charge in [0, 0.05) is 19.6 Å². The summed E-state index contributed by atoms with van der Waals surface area (Å²) in [5.41, 5.74) is 0.294. The van der Waals surface area contributed by atoms with Crippen molar-refractivity contribution in [3.8, 4) is 0 Å². The molecule has 0 unspecified atom stereocenters. The van der Waals surface area contributed by atoms with Gasteiger partial charge in [-0.3, -0.25) is 4.79 Å². The molecule has 1 aliphatic rings. The van der Waals surface area contributed by atoms with Crippen molar-refractivity contribution in [1.82, 2.24) is 4.90 Å². The van der Waals surface area contributed by atoms with Crippen molar-refractivity contribution < 1.29 is 14.3 Å². The Labute approximate surface area is 131 Å². The van der Waals surface area contributed by atoms with E-state index >= 15 is 0 Å². The molecule has 4 nitrogen and oxygen atoms in total. The zero-order valence-corrected chi connectivity index (χ0v) is 13.1. The molecule has 1 aromatic carbocycles. The van der Waals surface area contributed by atoms with Crippen LogP contribution < -0.4 is 5.32 Å². The number of amides is 1. The van der Waals surface area contributed by atoms with Crippen molar-refractivity contribution in [2.75, 3.05) is 31.6 Å². The Bertz CT molecular complexity index is 493. The van der Waals surface area contributed by atoms with Gasteiger partial charge in [0.05, 0.1) is 5.69 Å². The predicted molar refractivity (Wildman–Crippen MR) is 85.1 cm³/mol. The maximum Gasteiger partial charge on any atom is 0.225 e. The highest BCUT2D eigenvalue weighted by Crippen LogP contribution is 2.34. The minimum absolute atomic E-state index is 0.0614. The molecule has 0 saturated carbocycles. The summed E-state index contributed by atoms with van der Waals surface area (Å²) in [5.74, 6) is -0.580. The smallest absolute Gasteiger partial charge is 0.225 e. The molecule has 1 aliphatic heterocycles. The zero-order chi connectivity index (χ0) is 16.0. The van der Waals surface area contributed by atoms with E-state index in [0.29, 0.717) is 13.0 Å². The fraction of sp³-hybridized carbons (Fsp3) is 0.588. The lowest BCUT2D eigenvalue weighted by Crippen LogP contribution is -2.42. The average molecular weight is 308 g/mol. The Balaban J connectivity index is 1.75. The summed E-state index contributed by atoms with van der Waals surface area (Å²) in [7, 11) is 0. The quantitative estimate of drug-likeness (QED) is 0.849. The molecule has 0 radical (unpaired) electrons. The number of hydrogen-bond acceptors (Lipinski definition) is 3. The van der Waals surface area contributed by atoms with Gasteiger partial charge in [-0.2, -0.15) is 0 Å². The van der Waals surface area contributed by atoms with E-state index in [1.165, 1.54) is 6.07 Å². The highest BCUT2D eigenvalue weighted by Gasteiger charge is 2.32. The largest absolute Gasteiger partial charge is 0.396 e. The number of halogens is 1. The fourth-order valence-electron chi connectivity index (χ4n) is 2.91. The van der Waals surface area contributed by atoms with Gasteiger partial charge in [-0.05, 0) is 49.9 Å². The standard InChI is InChI=1S/C17H25FN2O2/c1-2-17(13-21)8-11-20(12-9-17)10-7-16(22)19-15-6-4-3-5-14(15)18/h3-6,21H,2,7-13H2,1H3,(H,19,22). The second-order valence-corrected chi connectivity index (χ2v) is 6.13. The highest BCUT2D eigenvalue weighted by molar-refractivity contribution is 5.90. The van der Waals surface area contributed by atoms with Gasteiger partial charge in [-0.25, -0.2) is 4.39 Å². The van der Waals surface area contributed by atoms with Crippen LogP contribution in [0.2, 0.25) is 0 Å². The van der Waals surface area contributed by atoms with Crippen LogP contribution in [0.3, 0.4) is 0 Å². The first kappa shape index (κ1) is 16.9. The number of carbonyl (C=O) groups excluding carboxylic acids is 1. The maximum absolute atomic E-state index is 13.5. The molecular formula is C17H25FN2O2. The summed E-state index contributed by atoms with van der Waals surface area (Å²) in [6, 6.07) is 6.19. The van der Waals surface area contributed by atoms with E-state index in [4.69, 9.17) is 0 Å². The van der Waals surface area contributed by atoms with Gasteiger partial charge in [-0.1, -0.05) is 19.1 Å². The number of aliphatic hydroxyl groups is 1. The van der Waals surface area contributed by atoms with Gasteiger partial charge in [0.15, 0.2) is 0 Å².